The van der Waals surface area contributed by atoms with Gasteiger partial charge in [-0.3, -0.25) is 19.2 Å². The number of nitrogens with one attached hydrogen (secondary N) is 3. The second-order valence-electron chi connectivity index (χ2n) is 11.4. The van der Waals surface area contributed by atoms with E-state index in [1.54, 1.807) is 25.2 Å². The van der Waals surface area contributed by atoms with Crippen LogP contribution in [-0.4, -0.2) is 69.6 Å². The largest absolute Gasteiger partial charge is 0.493 e. The number of hydrogen-bond acceptors (Lipinski definition) is 8. The number of aryl methyl sites for hydroxylation is 1. The number of hydrogen-bond donors (Lipinski definition) is 3. The first-order valence-corrected chi connectivity index (χ1v) is 15.2. The Morgan fingerprint density at radius 3 is 2.34 bits per heavy atom. The maximum atomic E-state index is 13.8. The normalized spacial score (nSPS) is 16.9. The van der Waals surface area contributed by atoms with Crippen molar-refractivity contribution >= 4 is 23.4 Å². The molecule has 0 spiro atoms. The van der Waals surface area contributed by atoms with Gasteiger partial charge < -0.3 is 35.1 Å². The summed E-state index contributed by atoms with van der Waals surface area (Å²) >= 11 is 0. The number of nitrogens with zero attached hydrogens (tertiary/aromatic N) is 1. The van der Waals surface area contributed by atoms with Crippen LogP contribution in [0.2, 0.25) is 0 Å². The summed E-state index contributed by atoms with van der Waals surface area (Å²) in [5, 5.41) is 8.97. The molecule has 0 radical (unpaired) electrons. The van der Waals surface area contributed by atoms with Crippen LogP contribution in [0.25, 0.3) is 11.1 Å². The molecule has 0 bridgehead atoms. The number of rotatable bonds is 11. The molecule has 0 aromatic heterocycles. The molecule has 0 saturated carbocycles. The van der Waals surface area contributed by atoms with Crippen molar-refractivity contribution in [3.8, 4) is 28.4 Å². The Bertz CT molecular complexity index is 1450. The lowest BCUT2D eigenvalue weighted by Crippen LogP contribution is -2.47. The van der Waals surface area contributed by atoms with Crippen LogP contribution in [0.3, 0.4) is 0 Å². The molecule has 2 aromatic rings. The van der Waals surface area contributed by atoms with Crippen molar-refractivity contribution in [1.82, 2.24) is 15.5 Å². The molecule has 2 aromatic carbocycles. The molecule has 1 saturated heterocycles. The fraction of sp³-hybridized carbons (Fsp3) is 0.515. The highest BCUT2D eigenvalue weighted by molar-refractivity contribution is 5.89. The average Bonchev–Trinajstić information content (AvgIpc) is 3.46. The summed E-state index contributed by atoms with van der Waals surface area (Å²) in [6.45, 7) is 6.67. The Kier molecular flexibility index (Phi) is 10.7. The van der Waals surface area contributed by atoms with E-state index < -0.39 is 12.1 Å². The van der Waals surface area contributed by atoms with Gasteiger partial charge in [-0.15, -0.1) is 0 Å². The highest BCUT2D eigenvalue weighted by atomic mass is 16.5. The molecule has 3 atom stereocenters. The quantitative estimate of drug-likeness (QED) is 0.353. The van der Waals surface area contributed by atoms with Gasteiger partial charge in [-0.25, -0.2) is 0 Å². The average molecular weight is 609 g/mol. The zero-order chi connectivity index (χ0) is 32.0. The number of ether oxygens (including phenoxy) is 3. The predicted octanol–water partition coefficient (Wildman–Crippen LogP) is 3.43. The topological polar surface area (TPSA) is 135 Å². The van der Waals surface area contributed by atoms with Crippen molar-refractivity contribution < 1.29 is 28.6 Å². The molecule has 1 heterocycles. The van der Waals surface area contributed by atoms with Crippen molar-refractivity contribution in [3.63, 3.8) is 0 Å². The number of carbonyl (C=O) groups is 3. The third-order valence-electron chi connectivity index (χ3n) is 8.60. The molecule has 11 heteroatoms. The van der Waals surface area contributed by atoms with Gasteiger partial charge in [0.2, 0.25) is 28.9 Å². The molecule has 2 aliphatic rings. The maximum absolute atomic E-state index is 13.8. The number of likely N-dealkylation sites (tertiary alicyclic amines) is 1. The molecule has 238 valence electrons. The monoisotopic (exact) mass is 608 g/mol. The van der Waals surface area contributed by atoms with Gasteiger partial charge in [0.05, 0.1) is 39.6 Å². The Balaban J connectivity index is 1.77. The van der Waals surface area contributed by atoms with E-state index >= 15 is 0 Å². The van der Waals surface area contributed by atoms with Crippen LogP contribution in [0, 0.1) is 5.92 Å². The van der Waals surface area contributed by atoms with E-state index in [9.17, 15) is 19.2 Å². The van der Waals surface area contributed by atoms with Gasteiger partial charge in [-0.1, -0.05) is 26.3 Å². The number of benzene rings is 1. The van der Waals surface area contributed by atoms with Gasteiger partial charge in [-0.2, -0.15) is 0 Å². The SMILES string of the molecule is CCC(C)C(Nc1ccc2c(cc1=O)C(NC(C)=O)CCc1cc(OC)c(OC)c(OC)c1-2)C(=O)NCC(=O)N1CCCC1. The molecule has 11 nitrogen and oxygen atoms in total. The van der Waals surface area contributed by atoms with Gasteiger partial charge >= 0.3 is 0 Å². The fourth-order valence-electron chi connectivity index (χ4n) is 6.05. The molecule has 4 rings (SSSR count). The predicted molar refractivity (Wildman–Crippen MR) is 168 cm³/mol. The number of amides is 3. The van der Waals surface area contributed by atoms with Gasteiger partial charge in [0.1, 0.15) is 6.04 Å². The second-order valence-corrected chi connectivity index (χ2v) is 11.4. The first-order valence-electron chi connectivity index (χ1n) is 15.2. The number of carbonyl (C=O) groups excluding carboxylic acids is 3. The first-order chi connectivity index (χ1) is 21.1. The zero-order valence-corrected chi connectivity index (χ0v) is 26.5. The van der Waals surface area contributed by atoms with Crippen LogP contribution >= 0.6 is 0 Å². The van der Waals surface area contributed by atoms with Crippen molar-refractivity contribution in [2.75, 3.05) is 46.3 Å². The summed E-state index contributed by atoms with van der Waals surface area (Å²) in [5.41, 5.74) is 2.88. The summed E-state index contributed by atoms with van der Waals surface area (Å²) in [6.07, 6.45) is 3.73. The van der Waals surface area contributed by atoms with E-state index in [0.29, 0.717) is 60.7 Å². The fourth-order valence-corrected chi connectivity index (χ4v) is 6.05. The number of fused-ring (bicyclic) bond motifs is 3. The summed E-state index contributed by atoms with van der Waals surface area (Å²) < 4.78 is 17.1. The van der Waals surface area contributed by atoms with Crippen LogP contribution in [0.4, 0.5) is 5.69 Å². The number of anilines is 1. The summed E-state index contributed by atoms with van der Waals surface area (Å²) in [4.78, 5) is 53.7. The summed E-state index contributed by atoms with van der Waals surface area (Å²) in [6, 6.07) is 5.69. The van der Waals surface area contributed by atoms with Crippen molar-refractivity contribution in [2.45, 2.75) is 65.0 Å². The minimum Gasteiger partial charge on any atom is -0.493 e. The van der Waals surface area contributed by atoms with Crippen LogP contribution in [0.5, 0.6) is 17.2 Å². The molecule has 3 unspecified atom stereocenters. The molecule has 44 heavy (non-hydrogen) atoms. The van der Waals surface area contributed by atoms with E-state index in [-0.39, 0.29) is 41.3 Å². The van der Waals surface area contributed by atoms with E-state index in [2.05, 4.69) is 16.0 Å². The summed E-state index contributed by atoms with van der Waals surface area (Å²) in [5.74, 6) is 0.579. The molecule has 1 aliphatic heterocycles. The van der Waals surface area contributed by atoms with Crippen LogP contribution in [0.1, 0.15) is 63.6 Å². The van der Waals surface area contributed by atoms with E-state index in [1.807, 2.05) is 26.0 Å². The zero-order valence-electron chi connectivity index (χ0n) is 26.5. The summed E-state index contributed by atoms with van der Waals surface area (Å²) in [7, 11) is 4.64. The first kappa shape index (κ1) is 32.6. The van der Waals surface area contributed by atoms with Crippen LogP contribution < -0.4 is 35.6 Å². The lowest BCUT2D eigenvalue weighted by Gasteiger charge is -2.24. The highest BCUT2D eigenvalue weighted by Gasteiger charge is 2.31. The Labute approximate surface area is 258 Å². The molecular formula is C33H44N4O7. The molecule has 1 aliphatic carbocycles. The van der Waals surface area contributed by atoms with E-state index in [0.717, 1.165) is 24.0 Å². The molecular weight excluding hydrogens is 564 g/mol. The maximum Gasteiger partial charge on any atom is 0.243 e. The van der Waals surface area contributed by atoms with Crippen LogP contribution in [-0.2, 0) is 20.8 Å². The molecule has 3 N–H and O–H groups in total. The third kappa shape index (κ3) is 6.92. The van der Waals surface area contributed by atoms with Crippen LogP contribution in [0.15, 0.2) is 29.1 Å². The van der Waals surface area contributed by atoms with Gasteiger partial charge in [0.25, 0.3) is 0 Å². The van der Waals surface area contributed by atoms with Gasteiger partial charge in [0.15, 0.2) is 11.5 Å². The number of methoxy groups -OCH3 is 3. The standard InChI is InChI=1S/C33H44N4O7/c1-7-19(2)30(33(41)34-18-28(40)37-14-8-9-15-37)36-25-13-11-22-23(17-26(25)39)24(35-20(3)38)12-10-21-16-27(42-4)31(43-5)32(44-6)29(21)22/h11,13,16-17,19,24,30H,7-10,12,14-15,18H2,1-6H3,(H,34,41)(H,35,38)(H,36,39). The Morgan fingerprint density at radius 2 is 1.73 bits per heavy atom. The lowest BCUT2D eigenvalue weighted by molar-refractivity contribution is -0.132. The molecule has 3 amide bonds. The third-order valence-corrected chi connectivity index (χ3v) is 8.60. The second kappa shape index (κ2) is 14.5. The van der Waals surface area contributed by atoms with Crippen molar-refractivity contribution in [3.05, 3.63) is 45.6 Å². The Hall–Kier alpha value is -4.28. The smallest absolute Gasteiger partial charge is 0.243 e. The van der Waals surface area contributed by atoms with Gasteiger partial charge in [0, 0.05) is 25.6 Å². The van der Waals surface area contributed by atoms with E-state index in [4.69, 9.17) is 14.2 Å². The Morgan fingerprint density at radius 1 is 1.02 bits per heavy atom. The van der Waals surface area contributed by atoms with E-state index in [1.165, 1.54) is 20.1 Å². The van der Waals surface area contributed by atoms with Crippen molar-refractivity contribution in [1.29, 1.82) is 0 Å². The minimum atomic E-state index is -0.751. The van der Waals surface area contributed by atoms with Crippen molar-refractivity contribution in [2.24, 2.45) is 5.92 Å². The minimum absolute atomic E-state index is 0.0885. The molecule has 1 fully saturated rings. The lowest BCUT2D eigenvalue weighted by atomic mass is 9.95. The van der Waals surface area contributed by atoms with Gasteiger partial charge in [-0.05, 0) is 66.5 Å². The highest BCUT2D eigenvalue weighted by Crippen LogP contribution is 2.50.